The summed E-state index contributed by atoms with van der Waals surface area (Å²) < 4.78 is 0. The van der Waals surface area contributed by atoms with E-state index in [2.05, 4.69) is 27.2 Å². The first-order valence-electron chi connectivity index (χ1n) is 5.93. The molecule has 5 nitrogen and oxygen atoms in total. The zero-order valence-corrected chi connectivity index (χ0v) is 10.1. The van der Waals surface area contributed by atoms with Crippen molar-refractivity contribution in [2.75, 3.05) is 30.4 Å². The second-order valence-corrected chi connectivity index (χ2v) is 4.45. The molecule has 1 aromatic heterocycles. The SMILES string of the molecule is CN(CC1CCC1)c1cc(NCC#N)ncn1. The Labute approximate surface area is 101 Å². The lowest BCUT2D eigenvalue weighted by Gasteiger charge is -2.30. The number of aromatic nitrogens is 2. The van der Waals surface area contributed by atoms with Gasteiger partial charge in [-0.05, 0) is 18.8 Å². The van der Waals surface area contributed by atoms with Gasteiger partial charge in [-0.2, -0.15) is 5.26 Å². The lowest BCUT2D eigenvalue weighted by atomic mass is 9.85. The summed E-state index contributed by atoms with van der Waals surface area (Å²) in [6, 6.07) is 3.92. The smallest absolute Gasteiger partial charge is 0.133 e. The molecule has 0 unspecified atom stereocenters. The first-order valence-corrected chi connectivity index (χ1v) is 5.93. The maximum absolute atomic E-state index is 8.50. The van der Waals surface area contributed by atoms with E-state index in [0.29, 0.717) is 5.82 Å². The number of anilines is 2. The van der Waals surface area contributed by atoms with Crippen molar-refractivity contribution >= 4 is 11.6 Å². The summed E-state index contributed by atoms with van der Waals surface area (Å²) in [6.07, 6.45) is 5.55. The molecule has 1 aliphatic carbocycles. The molecule has 0 radical (unpaired) electrons. The molecule has 1 aliphatic rings. The van der Waals surface area contributed by atoms with Gasteiger partial charge in [-0.1, -0.05) is 6.42 Å². The molecule has 1 fully saturated rings. The quantitative estimate of drug-likeness (QED) is 0.780. The summed E-state index contributed by atoms with van der Waals surface area (Å²) in [5.41, 5.74) is 0. The van der Waals surface area contributed by atoms with E-state index in [1.807, 2.05) is 12.1 Å². The molecule has 1 heterocycles. The monoisotopic (exact) mass is 231 g/mol. The highest BCUT2D eigenvalue weighted by Crippen LogP contribution is 2.28. The average molecular weight is 231 g/mol. The van der Waals surface area contributed by atoms with Gasteiger partial charge in [0.2, 0.25) is 0 Å². The van der Waals surface area contributed by atoms with Gasteiger partial charge < -0.3 is 10.2 Å². The van der Waals surface area contributed by atoms with Crippen LogP contribution >= 0.6 is 0 Å². The van der Waals surface area contributed by atoms with Gasteiger partial charge in [-0.3, -0.25) is 0 Å². The Kier molecular flexibility index (Phi) is 3.76. The minimum absolute atomic E-state index is 0.267. The second-order valence-electron chi connectivity index (χ2n) is 4.45. The van der Waals surface area contributed by atoms with Gasteiger partial charge in [0, 0.05) is 19.7 Å². The summed E-state index contributed by atoms with van der Waals surface area (Å²) in [7, 11) is 2.05. The van der Waals surface area contributed by atoms with Crippen LogP contribution in [0.15, 0.2) is 12.4 Å². The van der Waals surface area contributed by atoms with Crippen LogP contribution in [0.5, 0.6) is 0 Å². The summed E-state index contributed by atoms with van der Waals surface area (Å²) in [5.74, 6) is 2.43. The Bertz CT molecular complexity index is 408. The van der Waals surface area contributed by atoms with E-state index in [1.165, 1.54) is 25.6 Å². The average Bonchev–Trinajstić information content (AvgIpc) is 2.31. The van der Waals surface area contributed by atoms with Crippen molar-refractivity contribution in [2.45, 2.75) is 19.3 Å². The number of nitrogens with one attached hydrogen (secondary N) is 1. The van der Waals surface area contributed by atoms with Crippen LogP contribution in [0.2, 0.25) is 0 Å². The second kappa shape index (κ2) is 5.48. The third kappa shape index (κ3) is 3.06. The highest BCUT2D eigenvalue weighted by molar-refractivity contribution is 5.48. The molecule has 1 saturated carbocycles. The number of rotatable bonds is 5. The van der Waals surface area contributed by atoms with Crippen LogP contribution in [0.1, 0.15) is 19.3 Å². The Morgan fingerprint density at radius 2 is 2.35 bits per heavy atom. The largest absolute Gasteiger partial charge is 0.359 e. The predicted octanol–water partition coefficient (Wildman–Crippen LogP) is 1.65. The minimum Gasteiger partial charge on any atom is -0.359 e. The molecule has 90 valence electrons. The molecule has 2 rings (SSSR count). The fraction of sp³-hybridized carbons (Fsp3) is 0.583. The number of hydrogen-bond donors (Lipinski definition) is 1. The van der Waals surface area contributed by atoms with Crippen LogP contribution in [-0.2, 0) is 0 Å². The highest BCUT2D eigenvalue weighted by Gasteiger charge is 2.19. The van der Waals surface area contributed by atoms with Crippen LogP contribution in [-0.4, -0.2) is 30.1 Å². The molecule has 0 atom stereocenters. The zero-order chi connectivity index (χ0) is 12.1. The fourth-order valence-corrected chi connectivity index (χ4v) is 1.94. The molecular formula is C12H17N5. The van der Waals surface area contributed by atoms with E-state index in [-0.39, 0.29) is 6.54 Å². The van der Waals surface area contributed by atoms with Crippen molar-refractivity contribution in [3.63, 3.8) is 0 Å². The Morgan fingerprint density at radius 3 is 3.00 bits per heavy atom. The predicted molar refractivity (Wildman–Crippen MR) is 66.7 cm³/mol. The first-order chi connectivity index (χ1) is 8.29. The van der Waals surface area contributed by atoms with E-state index in [4.69, 9.17) is 5.26 Å². The third-order valence-electron chi connectivity index (χ3n) is 3.15. The van der Waals surface area contributed by atoms with Gasteiger partial charge in [-0.15, -0.1) is 0 Å². The molecule has 5 heteroatoms. The molecule has 0 saturated heterocycles. The molecule has 0 amide bonds. The maximum atomic E-state index is 8.50. The van der Waals surface area contributed by atoms with Gasteiger partial charge in [0.05, 0.1) is 6.07 Å². The van der Waals surface area contributed by atoms with E-state index >= 15 is 0 Å². The standard InChI is InChI=1S/C12H17N5/c1-17(8-10-3-2-4-10)12-7-11(14-6-5-13)15-9-16-12/h7,9-10H,2-4,6,8H2,1H3,(H,14,15,16). The van der Waals surface area contributed by atoms with E-state index in [0.717, 1.165) is 18.3 Å². The lowest BCUT2D eigenvalue weighted by Crippen LogP contribution is -2.29. The third-order valence-corrected chi connectivity index (χ3v) is 3.15. The van der Waals surface area contributed by atoms with Crippen molar-refractivity contribution in [2.24, 2.45) is 5.92 Å². The first kappa shape index (κ1) is 11.6. The minimum atomic E-state index is 0.267. The topological polar surface area (TPSA) is 64.8 Å². The lowest BCUT2D eigenvalue weighted by molar-refractivity contribution is 0.321. The molecule has 17 heavy (non-hydrogen) atoms. The highest BCUT2D eigenvalue weighted by atomic mass is 15.2. The van der Waals surface area contributed by atoms with Gasteiger partial charge in [0.15, 0.2) is 0 Å². The van der Waals surface area contributed by atoms with Crippen LogP contribution in [0.25, 0.3) is 0 Å². The van der Waals surface area contributed by atoms with Crippen molar-refractivity contribution < 1.29 is 0 Å². The molecule has 0 bridgehead atoms. The van der Waals surface area contributed by atoms with Crippen LogP contribution in [0, 0.1) is 17.2 Å². The Morgan fingerprint density at radius 1 is 1.53 bits per heavy atom. The van der Waals surface area contributed by atoms with Crippen LogP contribution in [0.3, 0.4) is 0 Å². The molecular weight excluding hydrogens is 214 g/mol. The fourth-order valence-electron chi connectivity index (χ4n) is 1.94. The van der Waals surface area contributed by atoms with Gasteiger partial charge in [0.25, 0.3) is 0 Å². The molecule has 0 aliphatic heterocycles. The molecule has 1 aromatic rings. The van der Waals surface area contributed by atoms with Crippen molar-refractivity contribution in [3.05, 3.63) is 12.4 Å². The molecule has 0 spiro atoms. The van der Waals surface area contributed by atoms with Crippen molar-refractivity contribution in [1.82, 2.24) is 9.97 Å². The van der Waals surface area contributed by atoms with Crippen LogP contribution in [0.4, 0.5) is 11.6 Å². The Balaban J connectivity index is 1.96. The van der Waals surface area contributed by atoms with Crippen LogP contribution < -0.4 is 10.2 Å². The summed E-state index contributed by atoms with van der Waals surface area (Å²) >= 11 is 0. The van der Waals surface area contributed by atoms with E-state index < -0.39 is 0 Å². The summed E-state index contributed by atoms with van der Waals surface area (Å²) in [6.45, 7) is 1.32. The number of nitrogens with zero attached hydrogens (tertiary/aromatic N) is 4. The molecule has 1 N–H and O–H groups in total. The summed E-state index contributed by atoms with van der Waals surface area (Å²) in [5, 5.41) is 11.4. The molecule has 0 aromatic carbocycles. The van der Waals surface area contributed by atoms with Crippen molar-refractivity contribution in [1.29, 1.82) is 5.26 Å². The maximum Gasteiger partial charge on any atom is 0.133 e. The Hall–Kier alpha value is -1.83. The number of nitriles is 1. The normalized spacial score (nSPS) is 14.8. The van der Waals surface area contributed by atoms with Crippen molar-refractivity contribution in [3.8, 4) is 6.07 Å². The van der Waals surface area contributed by atoms with Gasteiger partial charge >= 0.3 is 0 Å². The van der Waals surface area contributed by atoms with Gasteiger partial charge in [-0.25, -0.2) is 9.97 Å². The number of hydrogen-bond acceptors (Lipinski definition) is 5. The van der Waals surface area contributed by atoms with E-state index in [1.54, 1.807) is 0 Å². The van der Waals surface area contributed by atoms with Gasteiger partial charge in [0.1, 0.15) is 24.5 Å². The zero-order valence-electron chi connectivity index (χ0n) is 10.1. The summed E-state index contributed by atoms with van der Waals surface area (Å²) in [4.78, 5) is 10.5. The van der Waals surface area contributed by atoms with E-state index in [9.17, 15) is 0 Å².